The highest BCUT2D eigenvalue weighted by Crippen LogP contribution is 2.10. The van der Waals surface area contributed by atoms with Gasteiger partial charge in [0, 0.05) is 11.8 Å². The molecule has 0 fully saturated rings. The molecule has 0 amide bonds. The first kappa shape index (κ1) is 11.1. The summed E-state index contributed by atoms with van der Waals surface area (Å²) in [4.78, 5) is 11.1. The Morgan fingerprint density at radius 2 is 2.07 bits per heavy atom. The Morgan fingerprint density at radius 3 is 2.60 bits per heavy atom. The summed E-state index contributed by atoms with van der Waals surface area (Å²) in [5.41, 5.74) is 6.53. The second-order valence-corrected chi connectivity index (χ2v) is 3.16. The number of nitrogens with two attached hydrogens (primary N) is 1. The van der Waals surface area contributed by atoms with Gasteiger partial charge in [0.15, 0.2) is 0 Å². The number of allylic oxidation sites excluding steroid dienone is 1. The Labute approximate surface area is 88.0 Å². The first-order chi connectivity index (χ1) is 7.08. The van der Waals surface area contributed by atoms with Gasteiger partial charge >= 0.3 is 5.97 Å². The summed E-state index contributed by atoms with van der Waals surface area (Å²) in [5.74, 6) is -0.286. The van der Waals surface area contributed by atoms with Crippen LogP contribution in [0.1, 0.15) is 12.5 Å². The molecular formula is C11H13NO3. The number of ether oxygens (including phenoxy) is 1. The molecule has 1 rings (SSSR count). The first-order valence-electron chi connectivity index (χ1n) is 4.46. The number of carbonyl (C=O) groups is 1. The highest BCUT2D eigenvalue weighted by atomic mass is 16.5. The van der Waals surface area contributed by atoms with Crippen LogP contribution in [0.3, 0.4) is 0 Å². The van der Waals surface area contributed by atoms with Gasteiger partial charge in [0.05, 0.1) is 0 Å². The summed E-state index contributed by atoms with van der Waals surface area (Å²) in [5, 5.41) is 9.02. The molecule has 0 atom stereocenters. The number of carbonyl (C=O) groups excluding carboxylic acids is 1. The second kappa shape index (κ2) is 5.05. The molecule has 1 aromatic carbocycles. The Hall–Kier alpha value is -1.97. The maximum Gasteiger partial charge on any atom is 0.332 e. The van der Waals surface area contributed by atoms with Gasteiger partial charge in [-0.05, 0) is 24.6 Å². The normalized spacial score (nSPS) is 11.1. The number of phenolic OH excluding ortho intramolecular Hbond substituents is 1. The third-order valence-corrected chi connectivity index (χ3v) is 1.66. The smallest absolute Gasteiger partial charge is 0.332 e. The van der Waals surface area contributed by atoms with Crippen molar-refractivity contribution in [1.82, 2.24) is 0 Å². The quantitative estimate of drug-likeness (QED) is 0.578. The second-order valence-electron chi connectivity index (χ2n) is 3.16. The maximum atomic E-state index is 11.1. The topological polar surface area (TPSA) is 72.6 Å². The Balaban J connectivity index is 2.47. The van der Waals surface area contributed by atoms with Crippen molar-refractivity contribution in [2.24, 2.45) is 5.73 Å². The van der Waals surface area contributed by atoms with E-state index in [1.807, 2.05) is 0 Å². The van der Waals surface area contributed by atoms with E-state index in [2.05, 4.69) is 0 Å². The van der Waals surface area contributed by atoms with Gasteiger partial charge in [-0.3, -0.25) is 0 Å². The van der Waals surface area contributed by atoms with Gasteiger partial charge in [-0.2, -0.15) is 0 Å². The molecule has 0 aliphatic heterocycles. The number of rotatable bonds is 3. The molecule has 3 N–H and O–H groups in total. The van der Waals surface area contributed by atoms with Crippen molar-refractivity contribution < 1.29 is 14.6 Å². The van der Waals surface area contributed by atoms with Crippen molar-refractivity contribution in [1.29, 1.82) is 0 Å². The molecule has 15 heavy (non-hydrogen) atoms. The largest absolute Gasteiger partial charge is 0.508 e. The van der Waals surface area contributed by atoms with E-state index in [0.717, 1.165) is 5.56 Å². The minimum Gasteiger partial charge on any atom is -0.508 e. The van der Waals surface area contributed by atoms with Gasteiger partial charge in [0.2, 0.25) is 0 Å². The van der Waals surface area contributed by atoms with Gasteiger partial charge in [-0.1, -0.05) is 12.1 Å². The van der Waals surface area contributed by atoms with Crippen LogP contribution in [0.25, 0.3) is 0 Å². The van der Waals surface area contributed by atoms with Crippen LogP contribution in [-0.2, 0) is 16.1 Å². The molecule has 0 spiro atoms. The Kier molecular flexibility index (Phi) is 3.74. The molecule has 0 heterocycles. The molecular weight excluding hydrogens is 194 g/mol. The lowest BCUT2D eigenvalue weighted by Gasteiger charge is -2.02. The van der Waals surface area contributed by atoms with Gasteiger partial charge < -0.3 is 15.6 Å². The maximum absolute atomic E-state index is 11.1. The van der Waals surface area contributed by atoms with E-state index in [0.29, 0.717) is 5.70 Å². The standard InChI is InChI=1S/C11H13NO3/c1-8(12)6-11(14)15-7-9-2-4-10(13)5-3-9/h2-6,13H,7,12H2,1H3/b8-6-. The summed E-state index contributed by atoms with van der Waals surface area (Å²) < 4.78 is 4.90. The summed E-state index contributed by atoms with van der Waals surface area (Å²) in [7, 11) is 0. The van der Waals surface area contributed by atoms with Crippen LogP contribution in [0, 0.1) is 0 Å². The van der Waals surface area contributed by atoms with E-state index >= 15 is 0 Å². The number of phenols is 1. The lowest BCUT2D eigenvalue weighted by Crippen LogP contribution is -2.04. The minimum absolute atomic E-state index is 0.170. The zero-order chi connectivity index (χ0) is 11.3. The molecule has 0 aromatic heterocycles. The van der Waals surface area contributed by atoms with Gasteiger partial charge in [-0.25, -0.2) is 4.79 Å². The predicted octanol–water partition coefficient (Wildman–Crippen LogP) is 1.30. The molecule has 0 bridgehead atoms. The molecule has 80 valence electrons. The Morgan fingerprint density at radius 1 is 1.47 bits per heavy atom. The van der Waals surface area contributed by atoms with Crippen LogP contribution >= 0.6 is 0 Å². The fourth-order valence-corrected chi connectivity index (χ4v) is 0.974. The summed E-state index contributed by atoms with van der Waals surface area (Å²) >= 11 is 0. The fourth-order valence-electron chi connectivity index (χ4n) is 0.974. The van der Waals surface area contributed by atoms with Gasteiger partial charge in [-0.15, -0.1) is 0 Å². The van der Waals surface area contributed by atoms with E-state index in [4.69, 9.17) is 15.6 Å². The predicted molar refractivity (Wildman–Crippen MR) is 55.8 cm³/mol. The third kappa shape index (κ3) is 4.17. The first-order valence-corrected chi connectivity index (χ1v) is 4.46. The van der Waals surface area contributed by atoms with Crippen LogP contribution in [0.4, 0.5) is 0 Å². The lowest BCUT2D eigenvalue weighted by molar-refractivity contribution is -0.139. The van der Waals surface area contributed by atoms with Crippen molar-refractivity contribution in [3.63, 3.8) is 0 Å². The fraction of sp³-hybridized carbons (Fsp3) is 0.182. The number of hydrogen-bond donors (Lipinski definition) is 2. The molecule has 0 saturated heterocycles. The van der Waals surface area contributed by atoms with Gasteiger partial charge in [0.25, 0.3) is 0 Å². The van der Waals surface area contributed by atoms with Crippen molar-refractivity contribution in [2.45, 2.75) is 13.5 Å². The van der Waals surface area contributed by atoms with E-state index in [1.165, 1.54) is 18.2 Å². The highest BCUT2D eigenvalue weighted by Gasteiger charge is 1.99. The number of esters is 1. The van der Waals surface area contributed by atoms with Crippen molar-refractivity contribution in [3.05, 3.63) is 41.6 Å². The lowest BCUT2D eigenvalue weighted by atomic mass is 10.2. The van der Waals surface area contributed by atoms with Crippen molar-refractivity contribution in [2.75, 3.05) is 0 Å². The van der Waals surface area contributed by atoms with Crippen LogP contribution in [0.2, 0.25) is 0 Å². The van der Waals surface area contributed by atoms with Crippen LogP contribution in [0.5, 0.6) is 5.75 Å². The monoisotopic (exact) mass is 207 g/mol. The summed E-state index contributed by atoms with van der Waals surface area (Å²) in [6.07, 6.45) is 1.22. The summed E-state index contributed by atoms with van der Waals surface area (Å²) in [6, 6.07) is 6.43. The molecule has 0 saturated carbocycles. The van der Waals surface area contributed by atoms with Crippen LogP contribution < -0.4 is 5.73 Å². The average Bonchev–Trinajstić information content (AvgIpc) is 2.16. The van der Waals surface area contributed by atoms with E-state index in [1.54, 1.807) is 19.1 Å². The molecule has 1 aromatic rings. The third-order valence-electron chi connectivity index (χ3n) is 1.66. The zero-order valence-corrected chi connectivity index (χ0v) is 8.43. The molecule has 0 aliphatic rings. The number of hydrogen-bond acceptors (Lipinski definition) is 4. The van der Waals surface area contributed by atoms with Crippen LogP contribution in [-0.4, -0.2) is 11.1 Å². The van der Waals surface area contributed by atoms with E-state index in [-0.39, 0.29) is 12.4 Å². The van der Waals surface area contributed by atoms with E-state index in [9.17, 15) is 4.79 Å². The molecule has 4 heteroatoms. The minimum atomic E-state index is -0.469. The van der Waals surface area contributed by atoms with Gasteiger partial charge in [0.1, 0.15) is 12.4 Å². The van der Waals surface area contributed by atoms with Crippen LogP contribution in [0.15, 0.2) is 36.0 Å². The molecule has 0 aliphatic carbocycles. The summed E-state index contributed by atoms with van der Waals surface area (Å²) in [6.45, 7) is 1.78. The van der Waals surface area contributed by atoms with Crippen molar-refractivity contribution >= 4 is 5.97 Å². The number of aromatic hydroxyl groups is 1. The van der Waals surface area contributed by atoms with E-state index < -0.39 is 5.97 Å². The highest BCUT2D eigenvalue weighted by molar-refractivity contribution is 5.82. The SMILES string of the molecule is C/C(N)=C/C(=O)OCc1ccc(O)cc1. The molecule has 0 radical (unpaired) electrons. The molecule has 4 nitrogen and oxygen atoms in total. The zero-order valence-electron chi connectivity index (χ0n) is 8.43. The number of benzene rings is 1. The average molecular weight is 207 g/mol. The Bertz CT molecular complexity index is 364. The van der Waals surface area contributed by atoms with Crippen molar-refractivity contribution in [3.8, 4) is 5.75 Å². The molecule has 0 unspecified atom stereocenters.